The van der Waals surface area contributed by atoms with Crippen LogP contribution in [0.1, 0.15) is 12.5 Å². The SMILES string of the molecule is CCc1cccc(Cl)c1S(=O)(=O)[O-].[Na+]. The third kappa shape index (κ3) is 3.22. The topological polar surface area (TPSA) is 57.2 Å². The molecule has 0 heterocycles. The fourth-order valence-corrected chi connectivity index (χ4v) is 2.43. The van der Waals surface area contributed by atoms with Crippen LogP contribution in [0.15, 0.2) is 23.1 Å². The Morgan fingerprint density at radius 3 is 2.36 bits per heavy atom. The zero-order chi connectivity index (χ0) is 10.1. The zero-order valence-corrected chi connectivity index (χ0v) is 11.5. The summed E-state index contributed by atoms with van der Waals surface area (Å²) in [7, 11) is -4.46. The van der Waals surface area contributed by atoms with Gasteiger partial charge in [-0.3, -0.25) is 0 Å². The summed E-state index contributed by atoms with van der Waals surface area (Å²) in [5.74, 6) is 0. The van der Waals surface area contributed by atoms with Gasteiger partial charge in [-0.25, -0.2) is 8.42 Å². The molecule has 0 fully saturated rings. The predicted octanol–water partition coefficient (Wildman–Crippen LogP) is -1.19. The summed E-state index contributed by atoms with van der Waals surface area (Å²) < 4.78 is 32.4. The van der Waals surface area contributed by atoms with Crippen LogP contribution < -0.4 is 29.6 Å². The molecule has 0 bridgehead atoms. The van der Waals surface area contributed by atoms with E-state index >= 15 is 0 Å². The van der Waals surface area contributed by atoms with Gasteiger partial charge in [-0.1, -0.05) is 30.7 Å². The van der Waals surface area contributed by atoms with Gasteiger partial charge in [0.2, 0.25) is 0 Å². The maximum Gasteiger partial charge on any atom is 1.00 e. The second-order valence-electron chi connectivity index (χ2n) is 2.54. The Morgan fingerprint density at radius 1 is 1.43 bits per heavy atom. The van der Waals surface area contributed by atoms with Gasteiger partial charge in [-0.05, 0) is 18.1 Å². The Bertz CT molecular complexity index is 417. The Hall–Kier alpha value is 0.420. The molecule has 0 aliphatic carbocycles. The molecule has 0 amide bonds. The minimum absolute atomic E-state index is 0. The largest absolute Gasteiger partial charge is 1.00 e. The third-order valence-corrected chi connectivity index (χ3v) is 3.09. The van der Waals surface area contributed by atoms with Crippen molar-refractivity contribution in [1.82, 2.24) is 0 Å². The van der Waals surface area contributed by atoms with Crippen LogP contribution in [0.4, 0.5) is 0 Å². The van der Waals surface area contributed by atoms with E-state index in [1.807, 2.05) is 0 Å². The first kappa shape index (κ1) is 14.4. The molecular weight excluding hydrogens is 235 g/mol. The van der Waals surface area contributed by atoms with Crippen molar-refractivity contribution in [3.05, 3.63) is 28.8 Å². The van der Waals surface area contributed by atoms with Crippen molar-refractivity contribution >= 4 is 21.7 Å². The molecule has 0 spiro atoms. The van der Waals surface area contributed by atoms with Gasteiger partial charge in [0.1, 0.15) is 10.1 Å². The Kier molecular flexibility index (Phi) is 5.65. The molecule has 0 atom stereocenters. The van der Waals surface area contributed by atoms with Crippen molar-refractivity contribution < 1.29 is 42.5 Å². The second-order valence-corrected chi connectivity index (χ2v) is 4.26. The monoisotopic (exact) mass is 242 g/mol. The Balaban J connectivity index is 0.00000169. The fraction of sp³-hybridized carbons (Fsp3) is 0.250. The van der Waals surface area contributed by atoms with Gasteiger partial charge < -0.3 is 4.55 Å². The molecule has 0 unspecified atom stereocenters. The van der Waals surface area contributed by atoms with Gasteiger partial charge in [0.05, 0.1) is 9.92 Å². The second kappa shape index (κ2) is 5.49. The van der Waals surface area contributed by atoms with E-state index in [9.17, 15) is 13.0 Å². The first-order valence-corrected chi connectivity index (χ1v) is 5.48. The van der Waals surface area contributed by atoms with Gasteiger partial charge in [-0.15, -0.1) is 0 Å². The van der Waals surface area contributed by atoms with Gasteiger partial charge in [0.25, 0.3) is 0 Å². The number of hydrogen-bond acceptors (Lipinski definition) is 3. The molecule has 0 aliphatic rings. The predicted molar refractivity (Wildman–Crippen MR) is 48.8 cm³/mol. The van der Waals surface area contributed by atoms with Crippen LogP contribution in [0.25, 0.3) is 0 Å². The normalized spacial score (nSPS) is 10.8. The summed E-state index contributed by atoms with van der Waals surface area (Å²) in [6.07, 6.45) is 0.470. The van der Waals surface area contributed by atoms with Crippen molar-refractivity contribution in [3.8, 4) is 0 Å². The summed E-state index contributed by atoms with van der Waals surface area (Å²) in [6, 6.07) is 4.60. The molecule has 0 aliphatic heterocycles. The number of benzene rings is 1. The van der Waals surface area contributed by atoms with E-state index in [0.29, 0.717) is 12.0 Å². The van der Waals surface area contributed by atoms with Crippen LogP contribution in [-0.2, 0) is 16.5 Å². The Morgan fingerprint density at radius 2 is 2.00 bits per heavy atom. The smallest absolute Gasteiger partial charge is 0.744 e. The molecule has 1 aromatic carbocycles. The summed E-state index contributed by atoms with van der Waals surface area (Å²) in [6.45, 7) is 1.76. The average molecular weight is 243 g/mol. The molecule has 0 radical (unpaired) electrons. The van der Waals surface area contributed by atoms with Crippen LogP contribution >= 0.6 is 11.6 Å². The standard InChI is InChI=1S/C8H9ClO3S.Na/c1-2-6-4-3-5-7(9)8(6)13(10,11)12;/h3-5H,2H2,1H3,(H,10,11,12);/q;+1/p-1. The quantitative estimate of drug-likeness (QED) is 0.484. The van der Waals surface area contributed by atoms with Crippen LogP contribution in [0.2, 0.25) is 5.02 Å². The van der Waals surface area contributed by atoms with Crippen molar-refractivity contribution in [2.75, 3.05) is 0 Å². The summed E-state index contributed by atoms with van der Waals surface area (Å²) >= 11 is 5.61. The Labute approximate surface area is 111 Å². The van der Waals surface area contributed by atoms with Gasteiger partial charge >= 0.3 is 29.6 Å². The van der Waals surface area contributed by atoms with E-state index in [2.05, 4.69) is 0 Å². The molecular formula is C8H8ClNaO3S. The summed E-state index contributed by atoms with van der Waals surface area (Å²) in [5.41, 5.74) is 0.461. The fourth-order valence-electron chi connectivity index (χ4n) is 1.11. The van der Waals surface area contributed by atoms with Gasteiger partial charge in [0.15, 0.2) is 0 Å². The van der Waals surface area contributed by atoms with Crippen LogP contribution in [0.3, 0.4) is 0 Å². The van der Waals surface area contributed by atoms with Gasteiger partial charge in [0, 0.05) is 0 Å². The molecule has 0 saturated heterocycles. The molecule has 0 N–H and O–H groups in total. The molecule has 1 aromatic rings. The molecule has 14 heavy (non-hydrogen) atoms. The molecule has 1 rings (SSSR count). The molecule has 3 nitrogen and oxygen atoms in total. The van der Waals surface area contributed by atoms with Crippen LogP contribution in [-0.4, -0.2) is 13.0 Å². The summed E-state index contributed by atoms with van der Waals surface area (Å²) in [5, 5.41) is -0.00523. The third-order valence-electron chi connectivity index (χ3n) is 1.68. The van der Waals surface area contributed by atoms with Crippen LogP contribution in [0.5, 0.6) is 0 Å². The van der Waals surface area contributed by atoms with Crippen molar-refractivity contribution in [2.24, 2.45) is 0 Å². The van der Waals surface area contributed by atoms with Crippen LogP contribution in [0, 0.1) is 0 Å². The van der Waals surface area contributed by atoms with Crippen molar-refractivity contribution in [1.29, 1.82) is 0 Å². The number of aryl methyl sites for hydroxylation is 1. The maximum absolute atomic E-state index is 10.8. The zero-order valence-electron chi connectivity index (χ0n) is 7.95. The van der Waals surface area contributed by atoms with Gasteiger partial charge in [-0.2, -0.15) is 0 Å². The summed E-state index contributed by atoms with van der Waals surface area (Å²) in [4.78, 5) is -0.292. The maximum atomic E-state index is 10.8. The van der Waals surface area contributed by atoms with E-state index in [-0.39, 0.29) is 39.5 Å². The van der Waals surface area contributed by atoms with E-state index in [4.69, 9.17) is 11.6 Å². The number of rotatable bonds is 2. The average Bonchev–Trinajstić information content (AvgIpc) is 2.01. The van der Waals surface area contributed by atoms with E-state index in [0.717, 1.165) is 0 Å². The molecule has 6 heteroatoms. The number of hydrogen-bond donors (Lipinski definition) is 0. The molecule has 72 valence electrons. The minimum Gasteiger partial charge on any atom is -0.744 e. The minimum atomic E-state index is -4.46. The van der Waals surface area contributed by atoms with E-state index in [1.54, 1.807) is 19.1 Å². The number of halogens is 1. The molecule has 0 aromatic heterocycles. The van der Waals surface area contributed by atoms with Crippen molar-refractivity contribution in [3.63, 3.8) is 0 Å². The first-order chi connectivity index (χ1) is 5.96. The van der Waals surface area contributed by atoms with E-state index in [1.165, 1.54) is 6.07 Å². The first-order valence-electron chi connectivity index (χ1n) is 3.70. The molecule has 0 saturated carbocycles. The van der Waals surface area contributed by atoms with E-state index < -0.39 is 10.1 Å². The van der Waals surface area contributed by atoms with Crippen molar-refractivity contribution in [2.45, 2.75) is 18.2 Å².